The van der Waals surface area contributed by atoms with Crippen LogP contribution in [0.1, 0.15) is 10.4 Å². The second-order valence-corrected chi connectivity index (χ2v) is 5.94. The number of carbonyl (C=O) groups excluding carboxylic acids is 1. The zero-order valence-electron chi connectivity index (χ0n) is 13.3. The molecular weight excluding hydrogens is 354 g/mol. The molecule has 0 radical (unpaired) electrons. The Kier molecular flexibility index (Phi) is 3.98. The number of rotatable bonds is 3. The Morgan fingerprint density at radius 3 is 2.65 bits per heavy atom. The van der Waals surface area contributed by atoms with Crippen molar-refractivity contribution in [1.82, 2.24) is 19.4 Å². The van der Waals surface area contributed by atoms with Gasteiger partial charge >= 0.3 is 0 Å². The smallest absolute Gasteiger partial charge is 0.267 e. The molecule has 1 N–H and O–H groups in total. The van der Waals surface area contributed by atoms with Crippen LogP contribution in [0.3, 0.4) is 0 Å². The van der Waals surface area contributed by atoms with Gasteiger partial charge < -0.3 is 0 Å². The Morgan fingerprint density at radius 1 is 1.08 bits per heavy atom. The van der Waals surface area contributed by atoms with Crippen LogP contribution in [0.5, 0.6) is 0 Å². The van der Waals surface area contributed by atoms with Gasteiger partial charge in [0.25, 0.3) is 11.5 Å². The third-order valence-electron chi connectivity index (χ3n) is 3.80. The van der Waals surface area contributed by atoms with E-state index in [9.17, 15) is 9.59 Å². The highest BCUT2D eigenvalue weighted by Gasteiger charge is 2.13. The van der Waals surface area contributed by atoms with E-state index in [1.165, 1.54) is 17.2 Å². The van der Waals surface area contributed by atoms with E-state index >= 15 is 0 Å². The van der Waals surface area contributed by atoms with Crippen molar-refractivity contribution in [3.05, 3.63) is 88.1 Å². The molecule has 8 heteroatoms. The number of hydrogen-bond donors (Lipinski definition) is 1. The summed E-state index contributed by atoms with van der Waals surface area (Å²) in [4.78, 5) is 29.1. The number of nitrogens with zero attached hydrogens (tertiary/aromatic N) is 4. The van der Waals surface area contributed by atoms with Crippen molar-refractivity contribution in [3.8, 4) is 5.69 Å². The summed E-state index contributed by atoms with van der Waals surface area (Å²) in [5.41, 5.74) is 3.60. The Labute approximate surface area is 152 Å². The molecule has 0 fully saturated rings. The lowest BCUT2D eigenvalue weighted by molar-refractivity contribution is 0.101. The van der Waals surface area contributed by atoms with Crippen LogP contribution >= 0.6 is 11.6 Å². The molecule has 0 spiro atoms. The van der Waals surface area contributed by atoms with Gasteiger partial charge in [-0.1, -0.05) is 35.9 Å². The Hall–Kier alpha value is -3.45. The molecule has 0 aliphatic rings. The van der Waals surface area contributed by atoms with E-state index in [1.807, 2.05) is 6.07 Å². The lowest BCUT2D eigenvalue weighted by Crippen LogP contribution is -2.33. The average molecular weight is 366 g/mol. The summed E-state index contributed by atoms with van der Waals surface area (Å²) in [5, 5.41) is 5.04. The summed E-state index contributed by atoms with van der Waals surface area (Å²) in [5.74, 6) is -0.406. The number of hydrogen-bond acceptors (Lipinski definition) is 4. The van der Waals surface area contributed by atoms with Gasteiger partial charge in [0.2, 0.25) is 0 Å². The van der Waals surface area contributed by atoms with Gasteiger partial charge in [-0.15, -0.1) is 0 Å². The Bertz CT molecular complexity index is 1170. The largest absolute Gasteiger partial charge is 0.283 e. The van der Waals surface area contributed by atoms with Gasteiger partial charge in [0.15, 0.2) is 5.65 Å². The quantitative estimate of drug-likeness (QED) is 0.605. The molecule has 0 aliphatic carbocycles. The van der Waals surface area contributed by atoms with E-state index in [0.717, 1.165) is 4.68 Å². The summed E-state index contributed by atoms with van der Waals surface area (Å²) >= 11 is 6.01. The topological polar surface area (TPSA) is 81.8 Å². The van der Waals surface area contributed by atoms with E-state index in [0.29, 0.717) is 21.9 Å². The maximum atomic E-state index is 12.6. The molecule has 128 valence electrons. The van der Waals surface area contributed by atoms with Gasteiger partial charge in [0.05, 0.1) is 11.9 Å². The molecule has 0 atom stereocenters. The van der Waals surface area contributed by atoms with E-state index in [4.69, 9.17) is 11.6 Å². The molecule has 4 aromatic rings. The van der Waals surface area contributed by atoms with Crippen LogP contribution in [0.2, 0.25) is 5.02 Å². The lowest BCUT2D eigenvalue weighted by atomic mass is 10.2. The number of halogens is 1. The predicted octanol–water partition coefficient (Wildman–Crippen LogP) is 2.62. The van der Waals surface area contributed by atoms with Crippen LogP contribution in [0.15, 0.2) is 71.9 Å². The summed E-state index contributed by atoms with van der Waals surface area (Å²) in [6.45, 7) is 0. The minimum Gasteiger partial charge on any atom is -0.267 e. The van der Waals surface area contributed by atoms with E-state index in [1.54, 1.807) is 48.5 Å². The minimum atomic E-state index is -0.424. The summed E-state index contributed by atoms with van der Waals surface area (Å²) < 4.78 is 2.56. The number of carbonyl (C=O) groups is 1. The van der Waals surface area contributed by atoms with Crippen LogP contribution in [0, 0.1) is 0 Å². The number of benzene rings is 2. The standard InChI is InChI=1S/C18H12ClN5O2/c19-13-7-4-8-14(9-13)24-16-15(10-21-24)18(26)23(11-20-16)22-17(25)12-5-2-1-3-6-12/h1-11H,(H,22,25). The number of aromatic nitrogens is 4. The number of amides is 1. The molecule has 0 saturated carbocycles. The van der Waals surface area contributed by atoms with Gasteiger partial charge in [-0.2, -0.15) is 5.10 Å². The summed E-state index contributed by atoms with van der Waals surface area (Å²) in [6.07, 6.45) is 2.67. The second kappa shape index (κ2) is 6.45. The van der Waals surface area contributed by atoms with Crippen molar-refractivity contribution < 1.29 is 4.79 Å². The van der Waals surface area contributed by atoms with Crippen molar-refractivity contribution in [3.63, 3.8) is 0 Å². The first kappa shape index (κ1) is 16.0. The molecule has 0 saturated heterocycles. The zero-order chi connectivity index (χ0) is 18.1. The molecule has 1 amide bonds. The lowest BCUT2D eigenvalue weighted by Gasteiger charge is -2.08. The van der Waals surface area contributed by atoms with E-state index in [2.05, 4.69) is 15.5 Å². The molecular formula is C18H12ClN5O2. The van der Waals surface area contributed by atoms with Crippen LogP contribution in [-0.2, 0) is 0 Å². The molecule has 0 aliphatic heterocycles. The van der Waals surface area contributed by atoms with Crippen molar-refractivity contribution in [1.29, 1.82) is 0 Å². The van der Waals surface area contributed by atoms with Crippen LogP contribution in [0.25, 0.3) is 16.7 Å². The van der Waals surface area contributed by atoms with Crippen LogP contribution in [-0.4, -0.2) is 25.3 Å². The fourth-order valence-corrected chi connectivity index (χ4v) is 2.74. The third-order valence-corrected chi connectivity index (χ3v) is 4.03. The first-order valence-corrected chi connectivity index (χ1v) is 8.09. The average Bonchev–Trinajstić information content (AvgIpc) is 3.09. The zero-order valence-corrected chi connectivity index (χ0v) is 14.1. The van der Waals surface area contributed by atoms with Gasteiger partial charge in [-0.3, -0.25) is 15.0 Å². The maximum absolute atomic E-state index is 12.6. The molecule has 0 bridgehead atoms. The Morgan fingerprint density at radius 2 is 1.88 bits per heavy atom. The first-order valence-electron chi connectivity index (χ1n) is 7.71. The fourth-order valence-electron chi connectivity index (χ4n) is 2.55. The van der Waals surface area contributed by atoms with E-state index < -0.39 is 11.5 Å². The minimum absolute atomic E-state index is 0.279. The highest BCUT2D eigenvalue weighted by Crippen LogP contribution is 2.17. The predicted molar refractivity (Wildman–Crippen MR) is 98.3 cm³/mol. The number of fused-ring (bicyclic) bond motifs is 1. The van der Waals surface area contributed by atoms with Crippen molar-refractivity contribution in [2.24, 2.45) is 0 Å². The number of nitrogens with one attached hydrogen (secondary N) is 1. The molecule has 2 aromatic heterocycles. The molecule has 0 unspecified atom stereocenters. The highest BCUT2D eigenvalue weighted by atomic mass is 35.5. The monoisotopic (exact) mass is 365 g/mol. The Balaban J connectivity index is 1.73. The van der Waals surface area contributed by atoms with Crippen molar-refractivity contribution in [2.45, 2.75) is 0 Å². The molecule has 7 nitrogen and oxygen atoms in total. The third kappa shape index (κ3) is 2.84. The van der Waals surface area contributed by atoms with Crippen LogP contribution in [0.4, 0.5) is 0 Å². The first-order chi connectivity index (χ1) is 12.6. The van der Waals surface area contributed by atoms with Crippen molar-refractivity contribution in [2.75, 3.05) is 5.43 Å². The molecule has 4 rings (SSSR count). The summed E-state index contributed by atoms with van der Waals surface area (Å²) in [7, 11) is 0. The second-order valence-electron chi connectivity index (χ2n) is 5.50. The van der Waals surface area contributed by atoms with Crippen molar-refractivity contribution >= 4 is 28.5 Å². The molecule has 2 aromatic carbocycles. The molecule has 2 heterocycles. The molecule has 26 heavy (non-hydrogen) atoms. The van der Waals surface area contributed by atoms with Gasteiger partial charge in [-0.25, -0.2) is 14.3 Å². The SMILES string of the molecule is O=C(Nn1cnc2c(cnn2-c2cccc(Cl)c2)c1=O)c1ccccc1. The van der Waals surface area contributed by atoms with E-state index in [-0.39, 0.29) is 5.39 Å². The van der Waals surface area contributed by atoms with Crippen LogP contribution < -0.4 is 11.0 Å². The normalized spacial score (nSPS) is 10.8. The fraction of sp³-hybridized carbons (Fsp3) is 0. The van der Waals surface area contributed by atoms with Gasteiger partial charge in [0, 0.05) is 10.6 Å². The van der Waals surface area contributed by atoms with Gasteiger partial charge in [-0.05, 0) is 30.3 Å². The highest BCUT2D eigenvalue weighted by molar-refractivity contribution is 6.30. The summed E-state index contributed by atoms with van der Waals surface area (Å²) in [6, 6.07) is 15.7. The van der Waals surface area contributed by atoms with Gasteiger partial charge in [0.1, 0.15) is 11.7 Å². The maximum Gasteiger partial charge on any atom is 0.283 e.